The summed E-state index contributed by atoms with van der Waals surface area (Å²) < 4.78 is 0. The zero-order valence-electron chi connectivity index (χ0n) is 4.61. The van der Waals surface area contributed by atoms with Crippen molar-refractivity contribution in [1.29, 1.82) is 0 Å². The van der Waals surface area contributed by atoms with Gasteiger partial charge in [0.2, 0.25) is 0 Å². The van der Waals surface area contributed by atoms with Gasteiger partial charge in [0.1, 0.15) is 0 Å². The average molecular weight is 143 g/mol. The van der Waals surface area contributed by atoms with Crippen molar-refractivity contribution in [3.63, 3.8) is 0 Å². The van der Waals surface area contributed by atoms with Gasteiger partial charge in [-0.15, -0.1) is 10.1 Å². The molecule has 6 nitrogen and oxygen atoms in total. The fraction of sp³-hybridized carbons (Fsp3) is 0. The molecule has 0 atom stereocenters. The first-order chi connectivity index (χ1) is 1.73. The monoisotopic (exact) mass is 143 g/mol. The zero-order valence-corrected chi connectivity index (χ0v) is 8.61. The molecule has 0 aromatic carbocycles. The predicted octanol–water partition coefficient (Wildman–Crippen LogP) is -6.69. The Hall–Kier alpha value is 1.12. The van der Waals surface area contributed by atoms with Crippen LogP contribution < -0.4 is 59.1 Å². The van der Waals surface area contributed by atoms with Crippen LogP contribution in [0.15, 0.2) is 0 Å². The minimum atomic E-state index is -1.50. The Morgan fingerprint density at radius 1 is 1.25 bits per heavy atom. The molecule has 0 spiro atoms. The number of nitrogens with zero attached hydrogens (tertiary/aromatic N) is 1. The molecule has 0 heterocycles. The quantitative estimate of drug-likeness (QED) is 0.205. The van der Waals surface area contributed by atoms with Crippen LogP contribution in [0.1, 0.15) is 0 Å². The van der Waals surface area contributed by atoms with Gasteiger partial charge in [-0.3, -0.25) is 0 Å². The molecular formula is H3NNa2O5. The molecule has 0 amide bonds. The first kappa shape index (κ1) is 35.4. The third-order valence-electron chi connectivity index (χ3n) is 0. The Labute approximate surface area is 89.6 Å². The summed E-state index contributed by atoms with van der Waals surface area (Å²) in [4.78, 5) is 8.36. The molecule has 0 aliphatic rings. The van der Waals surface area contributed by atoms with Gasteiger partial charge in [-0.05, 0) is 0 Å². The van der Waals surface area contributed by atoms with E-state index in [1.807, 2.05) is 0 Å². The van der Waals surface area contributed by atoms with E-state index < -0.39 is 5.09 Å². The van der Waals surface area contributed by atoms with E-state index in [1.165, 1.54) is 0 Å². The Balaban J connectivity index is -0.00000000750. The third kappa shape index (κ3) is 213. The summed E-state index contributed by atoms with van der Waals surface area (Å²) in [5.74, 6) is 0. The molecule has 40 valence electrons. The van der Waals surface area contributed by atoms with E-state index in [0.717, 1.165) is 0 Å². The van der Waals surface area contributed by atoms with Crippen molar-refractivity contribution in [3.05, 3.63) is 10.1 Å². The van der Waals surface area contributed by atoms with E-state index >= 15 is 0 Å². The summed E-state index contributed by atoms with van der Waals surface area (Å²) in [6.45, 7) is 0. The first-order valence-corrected chi connectivity index (χ1v) is 0.565. The fourth-order valence-corrected chi connectivity index (χ4v) is 0. The third-order valence-corrected chi connectivity index (χ3v) is 0. The van der Waals surface area contributed by atoms with Gasteiger partial charge < -0.3 is 16.2 Å². The van der Waals surface area contributed by atoms with Crippen molar-refractivity contribution in [1.82, 2.24) is 0 Å². The van der Waals surface area contributed by atoms with Gasteiger partial charge in [-0.2, -0.15) is 0 Å². The van der Waals surface area contributed by atoms with Crippen LogP contribution in [-0.2, 0) is 0 Å². The Morgan fingerprint density at radius 2 is 1.25 bits per heavy atom. The van der Waals surface area contributed by atoms with Crippen molar-refractivity contribution in [3.8, 4) is 0 Å². The van der Waals surface area contributed by atoms with E-state index in [0.29, 0.717) is 0 Å². The van der Waals surface area contributed by atoms with Gasteiger partial charge in [-0.25, -0.2) is 0 Å². The standard InChI is InChI=1S/HNO3.2Na.2H2O/c2-1(3)4;;;;/h(H,2,3,4);;;2*1H2/q;2*+1;;/p-2. The molecule has 0 bridgehead atoms. The zero-order chi connectivity index (χ0) is 3.58. The van der Waals surface area contributed by atoms with Crippen molar-refractivity contribution in [2.24, 2.45) is 0 Å². The fourth-order valence-electron chi connectivity index (χ4n) is 0. The average Bonchev–Trinajstić information content (AvgIpc) is 0.811. The summed E-state index contributed by atoms with van der Waals surface area (Å²) in [5, 5.41) is 13.6. The summed E-state index contributed by atoms with van der Waals surface area (Å²) in [7, 11) is 0. The van der Waals surface area contributed by atoms with Crippen LogP contribution in [0.2, 0.25) is 0 Å². The minimum Gasteiger partial charge on any atom is -0.870 e. The Bertz CT molecular complexity index is 33.4. The maximum absolute atomic E-state index is 8.36. The first-order valence-electron chi connectivity index (χ1n) is 0.565. The number of rotatable bonds is 0. The van der Waals surface area contributed by atoms with Crippen LogP contribution in [0, 0.1) is 10.1 Å². The second-order valence-corrected chi connectivity index (χ2v) is 0.238. The smallest absolute Gasteiger partial charge is 0.870 e. The molecular weight excluding hydrogens is 140 g/mol. The molecule has 0 aliphatic carbocycles. The largest absolute Gasteiger partial charge is 1.00 e. The second-order valence-electron chi connectivity index (χ2n) is 0.238. The van der Waals surface area contributed by atoms with Crippen LogP contribution in [0.25, 0.3) is 0 Å². The van der Waals surface area contributed by atoms with Crippen molar-refractivity contribution >= 4 is 0 Å². The van der Waals surface area contributed by atoms with E-state index in [-0.39, 0.29) is 70.1 Å². The summed E-state index contributed by atoms with van der Waals surface area (Å²) in [5.41, 5.74) is 0. The van der Waals surface area contributed by atoms with Crippen LogP contribution in [0.3, 0.4) is 0 Å². The summed E-state index contributed by atoms with van der Waals surface area (Å²) in [6.07, 6.45) is 0. The van der Waals surface area contributed by atoms with Gasteiger partial charge in [-0.1, -0.05) is 0 Å². The van der Waals surface area contributed by atoms with Gasteiger partial charge in [0.05, 0.1) is 0 Å². The summed E-state index contributed by atoms with van der Waals surface area (Å²) in [6, 6.07) is 0. The van der Waals surface area contributed by atoms with E-state index in [4.69, 9.17) is 15.3 Å². The van der Waals surface area contributed by atoms with Crippen LogP contribution >= 0.6 is 0 Å². The van der Waals surface area contributed by atoms with E-state index in [9.17, 15) is 0 Å². The molecule has 0 unspecified atom stereocenters. The molecule has 0 fully saturated rings. The Morgan fingerprint density at radius 3 is 1.25 bits per heavy atom. The maximum Gasteiger partial charge on any atom is 1.00 e. The van der Waals surface area contributed by atoms with E-state index in [2.05, 4.69) is 0 Å². The molecule has 0 aliphatic heterocycles. The van der Waals surface area contributed by atoms with Gasteiger partial charge in [0.25, 0.3) is 5.09 Å². The number of hydrogen-bond donors (Lipinski definition) is 1. The Kier molecular flexibility index (Phi) is 107. The molecule has 8 heteroatoms. The predicted molar refractivity (Wildman–Crippen MR) is 12.7 cm³/mol. The second kappa shape index (κ2) is 24.3. The van der Waals surface area contributed by atoms with Crippen LogP contribution in [0.4, 0.5) is 0 Å². The molecule has 3 N–H and O–H groups in total. The molecule has 0 aromatic rings. The SMILES string of the molecule is O=[N+]([O-])O.[Na+].[Na+].[OH-].[OH-]. The molecule has 0 rings (SSSR count). The van der Waals surface area contributed by atoms with Crippen LogP contribution in [-0.4, -0.2) is 21.2 Å². The molecule has 8 heavy (non-hydrogen) atoms. The number of hydrogen-bond acceptors (Lipinski definition) is 4. The van der Waals surface area contributed by atoms with Gasteiger partial charge in [0, 0.05) is 0 Å². The maximum atomic E-state index is 8.36. The molecule has 0 aromatic heterocycles. The van der Waals surface area contributed by atoms with E-state index in [1.54, 1.807) is 0 Å². The van der Waals surface area contributed by atoms with Crippen molar-refractivity contribution < 1.29 is 80.4 Å². The molecule has 0 radical (unpaired) electrons. The van der Waals surface area contributed by atoms with Crippen LogP contribution in [0.5, 0.6) is 0 Å². The van der Waals surface area contributed by atoms with Crippen molar-refractivity contribution in [2.45, 2.75) is 0 Å². The normalized spacial score (nSPS) is 3.00. The van der Waals surface area contributed by atoms with Gasteiger partial charge >= 0.3 is 59.1 Å². The topological polar surface area (TPSA) is 123 Å². The molecule has 0 saturated heterocycles. The summed E-state index contributed by atoms with van der Waals surface area (Å²) >= 11 is 0. The van der Waals surface area contributed by atoms with Gasteiger partial charge in [0.15, 0.2) is 0 Å². The minimum absolute atomic E-state index is 0. The van der Waals surface area contributed by atoms with Crippen molar-refractivity contribution in [2.75, 3.05) is 0 Å². The molecule has 0 saturated carbocycles.